The lowest BCUT2D eigenvalue weighted by molar-refractivity contribution is 0.0384. The summed E-state index contributed by atoms with van der Waals surface area (Å²) >= 11 is 0. The zero-order valence-corrected chi connectivity index (χ0v) is 20.8. The number of hydrogen-bond acceptors (Lipinski definition) is 5. The van der Waals surface area contributed by atoms with Gasteiger partial charge in [-0.25, -0.2) is 9.18 Å². The van der Waals surface area contributed by atoms with Gasteiger partial charge in [0.05, 0.1) is 25.1 Å². The van der Waals surface area contributed by atoms with Gasteiger partial charge in [0.15, 0.2) is 0 Å². The number of rotatable bonds is 8. The summed E-state index contributed by atoms with van der Waals surface area (Å²) in [4.78, 5) is 18.0. The fourth-order valence-corrected chi connectivity index (χ4v) is 4.60. The van der Waals surface area contributed by atoms with E-state index >= 15 is 0 Å². The minimum Gasteiger partial charge on any atom is -0.379 e. The fourth-order valence-electron chi connectivity index (χ4n) is 4.60. The number of anilines is 1. The van der Waals surface area contributed by atoms with Gasteiger partial charge in [-0.3, -0.25) is 10.00 Å². The molecule has 0 saturated carbocycles. The van der Waals surface area contributed by atoms with Crippen molar-refractivity contribution in [3.05, 3.63) is 65.6 Å². The maximum absolute atomic E-state index is 14.5. The molecule has 2 aliphatic rings. The molecule has 0 spiro atoms. The maximum Gasteiger partial charge on any atom is 0.321 e. The standard InChI is InChI=1S/C27H32FN7O2/c28-24-8-7-22(30-27(36)34-10-1-2-11-34)17-23(24)26-19-35(32-26)31-25(18-29)21-5-3-20(4-6-21)9-12-33-13-15-37-16-14-33/h3-8,17-19,29,32H,1-2,9-16H2,(H,30,36)/b29-18?,31-25+. The van der Waals surface area contributed by atoms with Gasteiger partial charge in [0.2, 0.25) is 0 Å². The first-order chi connectivity index (χ1) is 18.1. The number of urea groups is 1. The van der Waals surface area contributed by atoms with Gasteiger partial charge < -0.3 is 20.4 Å². The molecule has 2 aliphatic heterocycles. The second-order valence-electron chi connectivity index (χ2n) is 9.35. The summed E-state index contributed by atoms with van der Waals surface area (Å²) < 4.78 is 19.9. The molecule has 10 heteroatoms. The summed E-state index contributed by atoms with van der Waals surface area (Å²) in [6.07, 6.45) is 5.83. The third-order valence-electron chi connectivity index (χ3n) is 6.81. The predicted octanol–water partition coefficient (Wildman–Crippen LogP) is 4.03. The van der Waals surface area contributed by atoms with Gasteiger partial charge in [-0.1, -0.05) is 24.3 Å². The average molecular weight is 506 g/mol. The second-order valence-corrected chi connectivity index (χ2v) is 9.35. The number of nitrogens with one attached hydrogen (secondary N) is 3. The number of carbonyl (C=O) groups excluding carboxylic acids is 1. The Morgan fingerprint density at radius 1 is 1.11 bits per heavy atom. The maximum atomic E-state index is 14.5. The van der Waals surface area contributed by atoms with Crippen LogP contribution in [0.25, 0.3) is 11.3 Å². The molecule has 3 heterocycles. The van der Waals surface area contributed by atoms with Crippen LogP contribution in [0.5, 0.6) is 0 Å². The monoisotopic (exact) mass is 505 g/mol. The highest BCUT2D eigenvalue weighted by molar-refractivity contribution is 6.37. The Hall–Kier alpha value is -3.76. The largest absolute Gasteiger partial charge is 0.379 e. The Labute approximate surface area is 215 Å². The first-order valence-corrected chi connectivity index (χ1v) is 12.7. The van der Waals surface area contributed by atoms with Crippen LogP contribution in [-0.4, -0.2) is 83.6 Å². The van der Waals surface area contributed by atoms with Gasteiger partial charge in [0.1, 0.15) is 11.5 Å². The molecular weight excluding hydrogens is 473 g/mol. The van der Waals surface area contributed by atoms with Crippen molar-refractivity contribution in [3.8, 4) is 11.3 Å². The molecule has 2 saturated heterocycles. The van der Waals surface area contributed by atoms with Crippen molar-refractivity contribution in [1.82, 2.24) is 19.7 Å². The van der Waals surface area contributed by atoms with Crippen molar-refractivity contribution in [2.45, 2.75) is 19.3 Å². The Morgan fingerprint density at radius 3 is 2.54 bits per heavy atom. The SMILES string of the molecule is N=C/C(=N\n1cc(-c2cc(NC(=O)N3CCCC3)ccc2F)[nH]1)c1ccc(CCN2CCOCC2)cc1. The summed E-state index contributed by atoms with van der Waals surface area (Å²) in [5.74, 6) is -0.401. The molecule has 0 atom stereocenters. The molecule has 0 radical (unpaired) electrons. The van der Waals surface area contributed by atoms with Gasteiger partial charge in [0.25, 0.3) is 0 Å². The fraction of sp³-hybridized carbons (Fsp3) is 0.370. The van der Waals surface area contributed by atoms with Crippen LogP contribution < -0.4 is 5.32 Å². The zero-order valence-electron chi connectivity index (χ0n) is 20.8. The smallest absolute Gasteiger partial charge is 0.321 e. The normalized spacial score (nSPS) is 16.8. The van der Waals surface area contributed by atoms with E-state index in [9.17, 15) is 9.18 Å². The molecule has 37 heavy (non-hydrogen) atoms. The third kappa shape index (κ3) is 6.15. The lowest BCUT2D eigenvalue weighted by Gasteiger charge is -2.26. The first-order valence-electron chi connectivity index (χ1n) is 12.7. The van der Waals surface area contributed by atoms with E-state index in [-0.39, 0.29) is 6.03 Å². The third-order valence-corrected chi connectivity index (χ3v) is 6.81. The Bertz CT molecular complexity index is 1240. The Balaban J connectivity index is 1.22. The van der Waals surface area contributed by atoms with E-state index < -0.39 is 5.82 Å². The summed E-state index contributed by atoms with van der Waals surface area (Å²) in [7, 11) is 0. The van der Waals surface area contributed by atoms with E-state index in [4.69, 9.17) is 10.1 Å². The molecule has 194 valence electrons. The number of amides is 2. The van der Waals surface area contributed by atoms with E-state index in [0.29, 0.717) is 22.7 Å². The van der Waals surface area contributed by atoms with Crippen molar-refractivity contribution in [3.63, 3.8) is 0 Å². The average Bonchev–Trinajstić information content (AvgIpc) is 3.45. The molecule has 0 unspecified atom stereocenters. The first kappa shape index (κ1) is 24.9. The number of benzene rings is 2. The quantitative estimate of drug-likeness (QED) is 0.403. The molecule has 0 aliphatic carbocycles. The highest BCUT2D eigenvalue weighted by atomic mass is 19.1. The number of ether oxygens (including phenoxy) is 1. The molecule has 2 aromatic carbocycles. The van der Waals surface area contributed by atoms with Crippen molar-refractivity contribution >= 4 is 23.6 Å². The second kappa shape index (κ2) is 11.5. The van der Waals surface area contributed by atoms with Crippen molar-refractivity contribution in [2.24, 2.45) is 5.10 Å². The van der Waals surface area contributed by atoms with E-state index in [2.05, 4.69) is 32.5 Å². The number of nitrogens with zero attached hydrogens (tertiary/aromatic N) is 4. The zero-order chi connectivity index (χ0) is 25.6. The molecule has 3 N–H and O–H groups in total. The van der Waals surface area contributed by atoms with Crippen molar-refractivity contribution in [1.29, 1.82) is 5.41 Å². The summed E-state index contributed by atoms with van der Waals surface area (Å²) in [5.41, 5.74) is 3.96. The van der Waals surface area contributed by atoms with Crippen LogP contribution in [-0.2, 0) is 11.2 Å². The van der Waals surface area contributed by atoms with Gasteiger partial charge >= 0.3 is 6.03 Å². The van der Waals surface area contributed by atoms with Gasteiger partial charge in [0, 0.05) is 55.8 Å². The molecule has 1 aromatic heterocycles. The number of morpholine rings is 1. The number of halogens is 1. The van der Waals surface area contributed by atoms with Gasteiger partial charge in [-0.2, -0.15) is 9.89 Å². The van der Waals surface area contributed by atoms with Crippen LogP contribution in [0.3, 0.4) is 0 Å². The number of likely N-dealkylation sites (tertiary alicyclic amines) is 1. The molecule has 9 nitrogen and oxygen atoms in total. The van der Waals surface area contributed by atoms with Crippen LogP contribution in [0.4, 0.5) is 14.9 Å². The summed E-state index contributed by atoms with van der Waals surface area (Å²) in [5, 5.41) is 18.1. The van der Waals surface area contributed by atoms with Crippen LogP contribution in [0.15, 0.2) is 53.8 Å². The van der Waals surface area contributed by atoms with E-state index in [1.165, 1.54) is 22.6 Å². The number of hydrogen-bond donors (Lipinski definition) is 3. The topological polar surface area (TPSA) is 102 Å². The van der Waals surface area contributed by atoms with Crippen LogP contribution >= 0.6 is 0 Å². The number of H-pyrrole nitrogens is 1. The van der Waals surface area contributed by atoms with Gasteiger partial charge in [-0.05, 0) is 43.0 Å². The van der Waals surface area contributed by atoms with Crippen molar-refractivity contribution < 1.29 is 13.9 Å². The van der Waals surface area contributed by atoms with E-state index in [1.54, 1.807) is 23.2 Å². The van der Waals surface area contributed by atoms with Crippen molar-refractivity contribution in [2.75, 3.05) is 51.3 Å². The minimum absolute atomic E-state index is 0.167. The van der Waals surface area contributed by atoms with Gasteiger partial charge in [-0.15, -0.1) is 0 Å². The van der Waals surface area contributed by atoms with E-state index in [1.807, 2.05) is 12.1 Å². The van der Waals surface area contributed by atoms with Crippen LogP contribution in [0.1, 0.15) is 24.0 Å². The minimum atomic E-state index is -0.401. The number of aromatic amines is 1. The predicted molar refractivity (Wildman–Crippen MR) is 142 cm³/mol. The number of aromatic nitrogens is 2. The highest BCUT2D eigenvalue weighted by Crippen LogP contribution is 2.26. The summed E-state index contributed by atoms with van der Waals surface area (Å²) in [6, 6.07) is 12.4. The highest BCUT2D eigenvalue weighted by Gasteiger charge is 2.19. The Morgan fingerprint density at radius 2 is 1.84 bits per heavy atom. The molecule has 2 fully saturated rings. The van der Waals surface area contributed by atoms with Crippen LogP contribution in [0.2, 0.25) is 0 Å². The lowest BCUT2D eigenvalue weighted by Crippen LogP contribution is -2.37. The molecule has 3 aromatic rings. The summed E-state index contributed by atoms with van der Waals surface area (Å²) in [6.45, 7) is 6.03. The molecule has 5 rings (SSSR count). The lowest BCUT2D eigenvalue weighted by atomic mass is 10.1. The Kier molecular flexibility index (Phi) is 7.76. The van der Waals surface area contributed by atoms with E-state index in [0.717, 1.165) is 70.8 Å². The van der Waals surface area contributed by atoms with Crippen LogP contribution in [0, 0.1) is 11.2 Å². The molecule has 0 bridgehead atoms. The molecular formula is C27H32FN7O2. The number of carbonyl (C=O) groups is 1. The molecule has 2 amide bonds.